The van der Waals surface area contributed by atoms with Gasteiger partial charge < -0.3 is 10.3 Å². The van der Waals surface area contributed by atoms with Crippen LogP contribution in [0.4, 0.5) is 5.69 Å². The number of aromatic amines is 1. The van der Waals surface area contributed by atoms with Crippen molar-refractivity contribution in [1.29, 1.82) is 0 Å². The highest BCUT2D eigenvalue weighted by molar-refractivity contribution is 6.30. The molecular formula is C14H19ClN4. The van der Waals surface area contributed by atoms with Crippen molar-refractivity contribution >= 4 is 17.3 Å². The van der Waals surface area contributed by atoms with Gasteiger partial charge in [-0.05, 0) is 25.0 Å². The van der Waals surface area contributed by atoms with Crippen LogP contribution in [0.1, 0.15) is 36.8 Å². The van der Waals surface area contributed by atoms with Gasteiger partial charge in [0.2, 0.25) is 0 Å². The van der Waals surface area contributed by atoms with E-state index in [2.05, 4.69) is 27.2 Å². The first-order chi connectivity index (χ1) is 9.20. The highest BCUT2D eigenvalue weighted by Crippen LogP contribution is 2.17. The summed E-state index contributed by atoms with van der Waals surface area (Å²) in [6.07, 6.45) is 6.82. The minimum Gasteiger partial charge on any atom is -0.378 e. The van der Waals surface area contributed by atoms with Gasteiger partial charge in [-0.15, -0.1) is 0 Å². The number of halogens is 1. The molecule has 2 rings (SSSR count). The standard InChI is InChI=1S/C14H19ClN4/c1-3-4-5-13-18-12(14(15)19-13)9-17-11-8-16-7-6-10(11)2/h6-8,17H,3-5,9H2,1-2H3,(H,18,19). The van der Waals surface area contributed by atoms with E-state index in [1.807, 2.05) is 19.2 Å². The zero-order valence-corrected chi connectivity index (χ0v) is 12.1. The zero-order valence-electron chi connectivity index (χ0n) is 11.3. The maximum absolute atomic E-state index is 6.13. The average Bonchev–Trinajstić information content (AvgIpc) is 2.76. The number of unbranched alkanes of at least 4 members (excludes halogenated alkanes) is 1. The van der Waals surface area contributed by atoms with Gasteiger partial charge in [-0.25, -0.2) is 4.98 Å². The summed E-state index contributed by atoms with van der Waals surface area (Å²) in [6.45, 7) is 4.84. The normalized spacial score (nSPS) is 10.7. The molecule has 19 heavy (non-hydrogen) atoms. The molecule has 2 N–H and O–H groups in total. The molecule has 0 aliphatic heterocycles. The fourth-order valence-electron chi connectivity index (χ4n) is 1.85. The number of rotatable bonds is 6. The van der Waals surface area contributed by atoms with Gasteiger partial charge in [0, 0.05) is 12.6 Å². The van der Waals surface area contributed by atoms with Crippen molar-refractivity contribution in [1.82, 2.24) is 15.0 Å². The Hall–Kier alpha value is -1.55. The van der Waals surface area contributed by atoms with Gasteiger partial charge in [0.05, 0.1) is 24.1 Å². The number of hydrogen-bond acceptors (Lipinski definition) is 3. The van der Waals surface area contributed by atoms with Crippen molar-refractivity contribution in [2.24, 2.45) is 0 Å². The van der Waals surface area contributed by atoms with E-state index in [1.54, 1.807) is 6.20 Å². The van der Waals surface area contributed by atoms with Crippen molar-refractivity contribution in [2.45, 2.75) is 39.7 Å². The average molecular weight is 279 g/mol. The topological polar surface area (TPSA) is 53.6 Å². The summed E-state index contributed by atoms with van der Waals surface area (Å²) >= 11 is 6.13. The number of imidazole rings is 1. The molecule has 0 bridgehead atoms. The largest absolute Gasteiger partial charge is 0.378 e. The Labute approximate surface area is 118 Å². The maximum Gasteiger partial charge on any atom is 0.152 e. The molecule has 4 nitrogen and oxygen atoms in total. The number of aromatic nitrogens is 3. The van der Waals surface area contributed by atoms with Crippen LogP contribution < -0.4 is 5.32 Å². The number of pyridine rings is 1. The molecule has 2 heterocycles. The third-order valence-corrected chi connectivity index (χ3v) is 3.35. The fourth-order valence-corrected chi connectivity index (χ4v) is 2.07. The zero-order chi connectivity index (χ0) is 13.7. The van der Waals surface area contributed by atoms with Gasteiger partial charge in [-0.2, -0.15) is 0 Å². The third kappa shape index (κ3) is 3.70. The number of anilines is 1. The fraction of sp³-hybridized carbons (Fsp3) is 0.429. The number of hydrogen-bond donors (Lipinski definition) is 2. The lowest BCUT2D eigenvalue weighted by Gasteiger charge is -2.07. The first kappa shape index (κ1) is 13.9. The molecule has 0 saturated carbocycles. The molecule has 0 saturated heterocycles. The quantitative estimate of drug-likeness (QED) is 0.847. The van der Waals surface area contributed by atoms with Crippen LogP contribution in [0.3, 0.4) is 0 Å². The molecule has 0 aliphatic rings. The molecule has 5 heteroatoms. The Balaban J connectivity index is 1.99. The van der Waals surface area contributed by atoms with Gasteiger partial charge >= 0.3 is 0 Å². The lowest BCUT2D eigenvalue weighted by molar-refractivity contribution is 0.760. The second kappa shape index (κ2) is 6.57. The van der Waals surface area contributed by atoms with Crippen LogP contribution in [0.25, 0.3) is 0 Å². The second-order valence-electron chi connectivity index (χ2n) is 4.60. The molecule has 0 unspecified atom stereocenters. The second-order valence-corrected chi connectivity index (χ2v) is 4.96. The summed E-state index contributed by atoms with van der Waals surface area (Å²) in [5, 5.41) is 3.88. The van der Waals surface area contributed by atoms with Crippen molar-refractivity contribution in [3.05, 3.63) is 40.7 Å². The van der Waals surface area contributed by atoms with E-state index in [9.17, 15) is 0 Å². The Kier molecular flexibility index (Phi) is 4.80. The first-order valence-corrected chi connectivity index (χ1v) is 6.96. The van der Waals surface area contributed by atoms with Crippen LogP contribution in [-0.4, -0.2) is 15.0 Å². The van der Waals surface area contributed by atoms with Crippen molar-refractivity contribution in [3.8, 4) is 0 Å². The number of H-pyrrole nitrogens is 1. The minimum absolute atomic E-state index is 0.556. The smallest absolute Gasteiger partial charge is 0.152 e. The Morgan fingerprint density at radius 3 is 3.00 bits per heavy atom. The molecule has 0 fully saturated rings. The molecule has 0 aromatic carbocycles. The van der Waals surface area contributed by atoms with Gasteiger partial charge in [-0.1, -0.05) is 24.9 Å². The van der Waals surface area contributed by atoms with Gasteiger partial charge in [0.1, 0.15) is 5.82 Å². The summed E-state index contributed by atoms with van der Waals surface area (Å²) in [4.78, 5) is 11.7. The van der Waals surface area contributed by atoms with Crippen LogP contribution in [0.15, 0.2) is 18.5 Å². The number of aryl methyl sites for hydroxylation is 2. The van der Waals surface area contributed by atoms with Crippen LogP contribution in [0, 0.1) is 6.92 Å². The maximum atomic E-state index is 6.13. The summed E-state index contributed by atoms with van der Waals surface area (Å²) in [7, 11) is 0. The number of nitrogens with zero attached hydrogens (tertiary/aromatic N) is 2. The van der Waals surface area contributed by atoms with E-state index in [1.165, 1.54) is 0 Å². The van der Waals surface area contributed by atoms with E-state index in [4.69, 9.17) is 11.6 Å². The molecule has 0 radical (unpaired) electrons. The Morgan fingerprint density at radius 2 is 2.26 bits per heavy atom. The monoisotopic (exact) mass is 278 g/mol. The van der Waals surface area contributed by atoms with E-state index < -0.39 is 0 Å². The van der Waals surface area contributed by atoms with Crippen LogP contribution in [0.2, 0.25) is 5.15 Å². The highest BCUT2D eigenvalue weighted by atomic mass is 35.5. The van der Waals surface area contributed by atoms with E-state index in [0.717, 1.165) is 42.0 Å². The number of nitrogens with one attached hydrogen (secondary N) is 2. The van der Waals surface area contributed by atoms with Crippen molar-refractivity contribution in [2.75, 3.05) is 5.32 Å². The van der Waals surface area contributed by atoms with Crippen LogP contribution in [-0.2, 0) is 13.0 Å². The van der Waals surface area contributed by atoms with Crippen LogP contribution in [0.5, 0.6) is 0 Å². The third-order valence-electron chi connectivity index (χ3n) is 3.04. The molecule has 0 amide bonds. The lowest BCUT2D eigenvalue weighted by Crippen LogP contribution is -2.02. The Bertz CT molecular complexity index is 536. The first-order valence-electron chi connectivity index (χ1n) is 6.58. The molecule has 102 valence electrons. The Morgan fingerprint density at radius 1 is 1.42 bits per heavy atom. The van der Waals surface area contributed by atoms with E-state index in [-0.39, 0.29) is 0 Å². The predicted molar refractivity (Wildman–Crippen MR) is 78.5 cm³/mol. The van der Waals surface area contributed by atoms with Crippen LogP contribution >= 0.6 is 11.6 Å². The van der Waals surface area contributed by atoms with Gasteiger partial charge in [-0.3, -0.25) is 4.98 Å². The SMILES string of the molecule is CCCCc1nc(Cl)c(CNc2cnccc2C)[nH]1. The highest BCUT2D eigenvalue weighted by Gasteiger charge is 2.08. The summed E-state index contributed by atoms with van der Waals surface area (Å²) in [5.74, 6) is 0.964. The minimum atomic E-state index is 0.556. The molecule has 2 aromatic heterocycles. The van der Waals surface area contributed by atoms with Crippen molar-refractivity contribution in [3.63, 3.8) is 0 Å². The summed E-state index contributed by atoms with van der Waals surface area (Å²) in [6, 6.07) is 1.98. The molecular weight excluding hydrogens is 260 g/mol. The van der Waals surface area contributed by atoms with Gasteiger partial charge in [0.25, 0.3) is 0 Å². The van der Waals surface area contributed by atoms with E-state index >= 15 is 0 Å². The molecule has 0 aliphatic carbocycles. The van der Waals surface area contributed by atoms with E-state index in [0.29, 0.717) is 11.7 Å². The summed E-state index contributed by atoms with van der Waals surface area (Å²) in [5.41, 5.74) is 3.11. The summed E-state index contributed by atoms with van der Waals surface area (Å²) < 4.78 is 0. The molecule has 0 atom stereocenters. The predicted octanol–water partition coefficient (Wildman–Crippen LogP) is 3.72. The van der Waals surface area contributed by atoms with Gasteiger partial charge in [0.15, 0.2) is 5.15 Å². The molecule has 2 aromatic rings. The lowest BCUT2D eigenvalue weighted by atomic mass is 10.2. The van der Waals surface area contributed by atoms with Crippen molar-refractivity contribution < 1.29 is 0 Å². The molecule has 0 spiro atoms.